The van der Waals surface area contributed by atoms with Crippen molar-refractivity contribution < 1.29 is 14.5 Å². The van der Waals surface area contributed by atoms with Gasteiger partial charge in [0.05, 0.1) is 11.1 Å². The fourth-order valence-corrected chi connectivity index (χ4v) is 3.13. The van der Waals surface area contributed by atoms with Crippen molar-refractivity contribution in [1.82, 2.24) is 5.43 Å². The molecule has 0 heterocycles. The zero-order chi connectivity index (χ0) is 22.3. The van der Waals surface area contributed by atoms with Gasteiger partial charge in [0.15, 0.2) is 0 Å². The Kier molecular flexibility index (Phi) is 6.17. The fraction of sp³-hybridized carbons (Fsp3) is 0.0400. The molecule has 7 heteroatoms. The van der Waals surface area contributed by atoms with Crippen molar-refractivity contribution in [2.45, 2.75) is 6.61 Å². The van der Waals surface area contributed by atoms with E-state index in [1.54, 1.807) is 30.3 Å². The maximum atomic E-state index is 12.4. The van der Waals surface area contributed by atoms with E-state index >= 15 is 0 Å². The van der Waals surface area contributed by atoms with Gasteiger partial charge in [0, 0.05) is 17.7 Å². The lowest BCUT2D eigenvalue weighted by molar-refractivity contribution is -0.384. The number of nitro groups is 1. The van der Waals surface area contributed by atoms with Crippen molar-refractivity contribution in [3.8, 4) is 5.75 Å². The SMILES string of the molecule is O=C(N/N=C\c1cccc(OCc2ccc([N+](=O)[O-])cc2)c1)c1ccc2ccccc2c1. The van der Waals surface area contributed by atoms with Crippen LogP contribution in [0.5, 0.6) is 5.75 Å². The highest BCUT2D eigenvalue weighted by Crippen LogP contribution is 2.17. The summed E-state index contributed by atoms with van der Waals surface area (Å²) >= 11 is 0. The van der Waals surface area contributed by atoms with Crippen LogP contribution in [-0.4, -0.2) is 17.0 Å². The van der Waals surface area contributed by atoms with Gasteiger partial charge in [-0.2, -0.15) is 5.10 Å². The molecule has 4 aromatic rings. The molecule has 0 aliphatic carbocycles. The number of non-ortho nitro benzene ring substituents is 1. The lowest BCUT2D eigenvalue weighted by Crippen LogP contribution is -2.17. The first-order chi connectivity index (χ1) is 15.6. The Morgan fingerprint density at radius 2 is 1.72 bits per heavy atom. The van der Waals surface area contributed by atoms with Crippen LogP contribution < -0.4 is 10.2 Å². The van der Waals surface area contributed by atoms with Gasteiger partial charge >= 0.3 is 0 Å². The van der Waals surface area contributed by atoms with E-state index in [9.17, 15) is 14.9 Å². The Labute approximate surface area is 184 Å². The highest BCUT2D eigenvalue weighted by Gasteiger charge is 2.06. The fourth-order valence-electron chi connectivity index (χ4n) is 3.13. The summed E-state index contributed by atoms with van der Waals surface area (Å²) in [5.74, 6) is 0.325. The number of nitro benzene ring substituents is 1. The predicted octanol–water partition coefficient (Wildman–Crippen LogP) is 5.09. The Bertz CT molecular complexity index is 1300. The highest BCUT2D eigenvalue weighted by atomic mass is 16.6. The van der Waals surface area contributed by atoms with Gasteiger partial charge in [0.1, 0.15) is 12.4 Å². The molecule has 0 unspecified atom stereocenters. The van der Waals surface area contributed by atoms with Crippen molar-refractivity contribution in [3.05, 3.63) is 118 Å². The molecule has 0 aliphatic heterocycles. The number of fused-ring (bicyclic) bond motifs is 1. The largest absolute Gasteiger partial charge is 0.489 e. The standard InChI is InChI=1S/C25H19N3O4/c29-25(22-11-10-20-5-1-2-6-21(20)15-22)27-26-16-19-4-3-7-24(14-19)32-17-18-8-12-23(13-9-18)28(30)31/h1-16H,17H2,(H,27,29)/b26-16-. The molecule has 0 fully saturated rings. The molecular weight excluding hydrogens is 406 g/mol. The normalized spacial score (nSPS) is 10.9. The number of nitrogens with one attached hydrogen (secondary N) is 1. The zero-order valence-corrected chi connectivity index (χ0v) is 17.0. The third kappa shape index (κ3) is 5.14. The molecule has 1 N–H and O–H groups in total. The molecule has 158 valence electrons. The summed E-state index contributed by atoms with van der Waals surface area (Å²) in [6.07, 6.45) is 1.54. The van der Waals surface area contributed by atoms with Crippen LogP contribution in [0.1, 0.15) is 21.5 Å². The smallest absolute Gasteiger partial charge is 0.271 e. The van der Waals surface area contributed by atoms with Gasteiger partial charge in [0.2, 0.25) is 0 Å². The molecule has 0 atom stereocenters. The summed E-state index contributed by atoms with van der Waals surface area (Å²) in [6, 6.07) is 26.8. The van der Waals surface area contributed by atoms with Crippen molar-refractivity contribution in [1.29, 1.82) is 0 Å². The first kappa shape index (κ1) is 20.7. The van der Waals surface area contributed by atoms with Crippen molar-refractivity contribution in [2.75, 3.05) is 0 Å². The number of hydrogen-bond donors (Lipinski definition) is 1. The second kappa shape index (κ2) is 9.53. The zero-order valence-electron chi connectivity index (χ0n) is 17.0. The molecule has 0 aliphatic rings. The van der Waals surface area contributed by atoms with E-state index in [0.29, 0.717) is 11.3 Å². The van der Waals surface area contributed by atoms with Gasteiger partial charge in [-0.1, -0.05) is 42.5 Å². The molecule has 0 bridgehead atoms. The van der Waals surface area contributed by atoms with Crippen molar-refractivity contribution in [2.24, 2.45) is 5.10 Å². The lowest BCUT2D eigenvalue weighted by Gasteiger charge is -2.07. The molecule has 0 saturated heterocycles. The summed E-state index contributed by atoms with van der Waals surface area (Å²) in [7, 11) is 0. The van der Waals surface area contributed by atoms with Crippen LogP contribution in [0.3, 0.4) is 0 Å². The van der Waals surface area contributed by atoms with Gasteiger partial charge in [-0.15, -0.1) is 0 Å². The molecule has 7 nitrogen and oxygen atoms in total. The van der Waals surface area contributed by atoms with E-state index < -0.39 is 4.92 Å². The van der Waals surface area contributed by atoms with Crippen molar-refractivity contribution in [3.63, 3.8) is 0 Å². The van der Waals surface area contributed by atoms with Gasteiger partial charge in [-0.25, -0.2) is 5.43 Å². The van der Waals surface area contributed by atoms with E-state index in [4.69, 9.17) is 4.74 Å². The lowest BCUT2D eigenvalue weighted by atomic mass is 10.1. The summed E-state index contributed by atoms with van der Waals surface area (Å²) in [5.41, 5.74) is 4.68. The average Bonchev–Trinajstić information content (AvgIpc) is 2.83. The number of rotatable bonds is 7. The Hall–Kier alpha value is -4.52. The minimum atomic E-state index is -0.438. The van der Waals surface area contributed by atoms with E-state index in [-0.39, 0.29) is 18.2 Å². The van der Waals surface area contributed by atoms with Crippen LogP contribution in [0.15, 0.2) is 96.1 Å². The van der Waals surface area contributed by atoms with E-state index in [0.717, 1.165) is 21.9 Å². The second-order valence-electron chi connectivity index (χ2n) is 7.05. The number of hydrogen-bond acceptors (Lipinski definition) is 5. The third-order valence-corrected chi connectivity index (χ3v) is 4.80. The van der Waals surface area contributed by atoms with Crippen LogP contribution in [0.4, 0.5) is 5.69 Å². The minimum absolute atomic E-state index is 0.0395. The van der Waals surface area contributed by atoms with Crippen molar-refractivity contribution >= 4 is 28.6 Å². The molecule has 1 amide bonds. The number of ether oxygens (including phenoxy) is 1. The maximum absolute atomic E-state index is 12.4. The molecule has 0 spiro atoms. The van der Waals surface area contributed by atoms with Crippen LogP contribution in [0.25, 0.3) is 10.8 Å². The van der Waals surface area contributed by atoms with Gasteiger partial charge in [-0.3, -0.25) is 14.9 Å². The van der Waals surface area contributed by atoms with E-state index in [1.807, 2.05) is 48.5 Å². The van der Waals surface area contributed by atoms with Gasteiger partial charge in [0.25, 0.3) is 11.6 Å². The molecule has 4 rings (SSSR count). The Morgan fingerprint density at radius 3 is 2.50 bits per heavy atom. The summed E-state index contributed by atoms with van der Waals surface area (Å²) in [5, 5.41) is 16.8. The number of carbonyl (C=O) groups is 1. The number of amides is 1. The number of carbonyl (C=O) groups excluding carboxylic acids is 1. The third-order valence-electron chi connectivity index (χ3n) is 4.80. The highest BCUT2D eigenvalue weighted by molar-refractivity contribution is 5.99. The quantitative estimate of drug-likeness (QED) is 0.253. The van der Waals surface area contributed by atoms with Crippen LogP contribution in [-0.2, 0) is 6.61 Å². The maximum Gasteiger partial charge on any atom is 0.271 e. The van der Waals surface area contributed by atoms with Gasteiger partial charge in [-0.05, 0) is 58.3 Å². The van der Waals surface area contributed by atoms with Crippen LogP contribution in [0.2, 0.25) is 0 Å². The topological polar surface area (TPSA) is 93.8 Å². The number of hydrazone groups is 1. The number of nitrogens with zero attached hydrogens (tertiary/aromatic N) is 2. The van der Waals surface area contributed by atoms with Crippen LogP contribution in [0, 0.1) is 10.1 Å². The molecule has 0 saturated carbocycles. The second-order valence-corrected chi connectivity index (χ2v) is 7.05. The summed E-state index contributed by atoms with van der Waals surface area (Å²) in [4.78, 5) is 22.7. The Morgan fingerprint density at radius 1 is 0.938 bits per heavy atom. The molecule has 0 radical (unpaired) electrons. The molecule has 4 aromatic carbocycles. The van der Waals surface area contributed by atoms with Crippen LogP contribution >= 0.6 is 0 Å². The average molecular weight is 425 g/mol. The predicted molar refractivity (Wildman–Crippen MR) is 123 cm³/mol. The first-order valence-corrected chi connectivity index (χ1v) is 9.87. The number of benzene rings is 4. The Balaban J connectivity index is 1.35. The first-order valence-electron chi connectivity index (χ1n) is 9.87. The van der Waals surface area contributed by atoms with E-state index in [2.05, 4.69) is 10.5 Å². The van der Waals surface area contributed by atoms with Gasteiger partial charge < -0.3 is 4.74 Å². The molecule has 32 heavy (non-hydrogen) atoms. The molecule has 0 aromatic heterocycles. The van der Waals surface area contributed by atoms with E-state index in [1.165, 1.54) is 18.3 Å². The monoisotopic (exact) mass is 425 g/mol. The summed E-state index contributed by atoms with van der Waals surface area (Å²) in [6.45, 7) is 0.275. The minimum Gasteiger partial charge on any atom is -0.489 e. The molecular formula is C25H19N3O4. The summed E-state index contributed by atoms with van der Waals surface area (Å²) < 4.78 is 5.75.